The molecular weight excluding hydrogens is 190 g/mol. The third-order valence-corrected chi connectivity index (χ3v) is 2.57. The molecule has 1 rings (SSSR count). The van der Waals surface area contributed by atoms with E-state index in [9.17, 15) is 4.79 Å². The van der Waals surface area contributed by atoms with Gasteiger partial charge in [0.15, 0.2) is 0 Å². The minimum Gasteiger partial charge on any atom is -0.480 e. The maximum atomic E-state index is 10.7. The average molecular weight is 207 g/mol. The second kappa shape index (κ2) is 5.51. The summed E-state index contributed by atoms with van der Waals surface area (Å²) in [5.41, 5.74) is 1.15. The van der Waals surface area contributed by atoms with Gasteiger partial charge in [0, 0.05) is 6.04 Å². The quantitative estimate of drug-likeness (QED) is 0.804. The third kappa shape index (κ3) is 3.36. The summed E-state index contributed by atoms with van der Waals surface area (Å²) < 4.78 is 0. The largest absolute Gasteiger partial charge is 0.480 e. The van der Waals surface area contributed by atoms with E-state index < -0.39 is 5.97 Å². The molecule has 0 spiro atoms. The highest BCUT2D eigenvalue weighted by Crippen LogP contribution is 2.18. The number of nitrogens with zero attached hydrogens (tertiary/aromatic N) is 1. The van der Waals surface area contributed by atoms with Gasteiger partial charge in [0.1, 0.15) is 0 Å². The Balaban J connectivity index is 2.73. The Morgan fingerprint density at radius 1 is 1.40 bits per heavy atom. The molecule has 0 bridgehead atoms. The van der Waals surface area contributed by atoms with E-state index in [4.69, 9.17) is 5.11 Å². The Labute approximate surface area is 90.3 Å². The molecule has 0 saturated carbocycles. The Kier molecular flexibility index (Phi) is 4.31. The number of carboxylic acids is 1. The van der Waals surface area contributed by atoms with E-state index in [-0.39, 0.29) is 12.6 Å². The fraction of sp³-hybridized carbons (Fsp3) is 0.417. The van der Waals surface area contributed by atoms with Crippen LogP contribution in [0.3, 0.4) is 0 Å². The molecule has 0 aliphatic rings. The molecule has 0 radical (unpaired) electrons. The second-order valence-electron chi connectivity index (χ2n) is 3.54. The molecule has 0 aromatic heterocycles. The first-order valence-corrected chi connectivity index (χ1v) is 5.16. The van der Waals surface area contributed by atoms with Crippen LogP contribution in [0, 0.1) is 0 Å². The van der Waals surface area contributed by atoms with Crippen LogP contribution in [0.25, 0.3) is 0 Å². The molecule has 1 aromatic rings. The topological polar surface area (TPSA) is 40.5 Å². The summed E-state index contributed by atoms with van der Waals surface area (Å²) in [5, 5.41) is 8.77. The molecule has 1 unspecified atom stereocenters. The maximum Gasteiger partial charge on any atom is 0.317 e. The minimum absolute atomic E-state index is 0.0898. The predicted molar refractivity (Wildman–Crippen MR) is 59.7 cm³/mol. The highest BCUT2D eigenvalue weighted by molar-refractivity contribution is 5.69. The van der Waals surface area contributed by atoms with Crippen molar-refractivity contribution < 1.29 is 9.90 Å². The van der Waals surface area contributed by atoms with E-state index in [1.54, 1.807) is 0 Å². The molecule has 1 atom stereocenters. The lowest BCUT2D eigenvalue weighted by molar-refractivity contribution is -0.138. The molecule has 0 saturated heterocycles. The van der Waals surface area contributed by atoms with Crippen molar-refractivity contribution >= 4 is 5.97 Å². The van der Waals surface area contributed by atoms with Crippen molar-refractivity contribution in [3.63, 3.8) is 0 Å². The smallest absolute Gasteiger partial charge is 0.317 e. The lowest BCUT2D eigenvalue weighted by atomic mass is 10.1. The van der Waals surface area contributed by atoms with Crippen molar-refractivity contribution in [2.75, 3.05) is 13.1 Å². The Bertz CT molecular complexity index is 311. The van der Waals surface area contributed by atoms with E-state index >= 15 is 0 Å². The first-order chi connectivity index (χ1) is 7.15. The van der Waals surface area contributed by atoms with Gasteiger partial charge >= 0.3 is 5.97 Å². The molecule has 0 fully saturated rings. The van der Waals surface area contributed by atoms with Crippen LogP contribution in [0.1, 0.15) is 25.5 Å². The first-order valence-electron chi connectivity index (χ1n) is 5.16. The van der Waals surface area contributed by atoms with Gasteiger partial charge in [-0.15, -0.1) is 0 Å². The molecule has 0 aliphatic carbocycles. The number of aliphatic carboxylic acids is 1. The number of carbonyl (C=O) groups is 1. The molecule has 15 heavy (non-hydrogen) atoms. The molecule has 1 aromatic carbocycles. The summed E-state index contributed by atoms with van der Waals surface area (Å²) >= 11 is 0. The highest BCUT2D eigenvalue weighted by atomic mass is 16.4. The summed E-state index contributed by atoms with van der Waals surface area (Å²) in [6.45, 7) is 4.83. The maximum absolute atomic E-state index is 10.7. The van der Waals surface area contributed by atoms with Crippen molar-refractivity contribution in [2.45, 2.75) is 19.9 Å². The Morgan fingerprint density at radius 2 is 2.00 bits per heavy atom. The van der Waals surface area contributed by atoms with E-state index in [0.29, 0.717) is 0 Å². The van der Waals surface area contributed by atoms with Gasteiger partial charge in [0.2, 0.25) is 0 Å². The monoisotopic (exact) mass is 207 g/mol. The molecular formula is C12H17NO2. The van der Waals surface area contributed by atoms with Crippen molar-refractivity contribution in [2.24, 2.45) is 0 Å². The van der Waals surface area contributed by atoms with E-state index in [1.807, 2.05) is 49.1 Å². The van der Waals surface area contributed by atoms with Gasteiger partial charge in [-0.2, -0.15) is 0 Å². The van der Waals surface area contributed by atoms with Crippen LogP contribution < -0.4 is 0 Å². The molecule has 1 N–H and O–H groups in total. The number of hydrogen-bond acceptors (Lipinski definition) is 2. The fourth-order valence-electron chi connectivity index (χ4n) is 1.64. The number of carboxylic acid groups (broad SMARTS) is 1. The predicted octanol–water partition coefficient (Wildman–Crippen LogP) is 2.15. The highest BCUT2D eigenvalue weighted by Gasteiger charge is 2.15. The number of likely N-dealkylation sites (N-methyl/N-ethyl adjacent to an activating group) is 1. The Morgan fingerprint density at radius 3 is 2.47 bits per heavy atom. The van der Waals surface area contributed by atoms with Crippen LogP contribution in [0.4, 0.5) is 0 Å². The summed E-state index contributed by atoms with van der Waals surface area (Å²) in [4.78, 5) is 12.6. The zero-order chi connectivity index (χ0) is 11.3. The van der Waals surface area contributed by atoms with Gasteiger partial charge in [-0.05, 0) is 19.0 Å². The third-order valence-electron chi connectivity index (χ3n) is 2.57. The lowest BCUT2D eigenvalue weighted by Crippen LogP contribution is -2.32. The molecule has 3 nitrogen and oxygen atoms in total. The van der Waals surface area contributed by atoms with Crippen molar-refractivity contribution in [1.29, 1.82) is 0 Å². The fourth-order valence-corrected chi connectivity index (χ4v) is 1.64. The molecule has 3 heteroatoms. The second-order valence-corrected chi connectivity index (χ2v) is 3.54. The summed E-state index contributed by atoms with van der Waals surface area (Å²) in [6, 6.07) is 10.1. The van der Waals surface area contributed by atoms with Crippen molar-refractivity contribution in [3.8, 4) is 0 Å². The van der Waals surface area contributed by atoms with Crippen LogP contribution in [0.15, 0.2) is 30.3 Å². The molecule has 0 aliphatic heterocycles. The van der Waals surface area contributed by atoms with Crippen LogP contribution >= 0.6 is 0 Å². The number of hydrogen-bond donors (Lipinski definition) is 1. The summed E-state index contributed by atoms with van der Waals surface area (Å²) in [7, 11) is 0. The number of rotatable bonds is 5. The van der Waals surface area contributed by atoms with Gasteiger partial charge < -0.3 is 5.11 Å². The van der Waals surface area contributed by atoms with Gasteiger partial charge in [-0.3, -0.25) is 9.69 Å². The van der Waals surface area contributed by atoms with Crippen LogP contribution in [0.5, 0.6) is 0 Å². The van der Waals surface area contributed by atoms with Crippen LogP contribution in [-0.2, 0) is 4.79 Å². The van der Waals surface area contributed by atoms with Gasteiger partial charge in [0.05, 0.1) is 6.54 Å². The number of benzene rings is 1. The van der Waals surface area contributed by atoms with Crippen molar-refractivity contribution in [3.05, 3.63) is 35.9 Å². The standard InChI is InChI=1S/C12H17NO2/c1-3-13(9-12(14)15)10(2)11-7-5-4-6-8-11/h4-8,10H,3,9H2,1-2H3,(H,14,15). The van der Waals surface area contributed by atoms with E-state index in [0.717, 1.165) is 12.1 Å². The molecule has 0 amide bonds. The minimum atomic E-state index is -0.778. The average Bonchev–Trinajstić information content (AvgIpc) is 2.26. The normalized spacial score (nSPS) is 12.7. The van der Waals surface area contributed by atoms with Gasteiger partial charge in [0.25, 0.3) is 0 Å². The van der Waals surface area contributed by atoms with Crippen molar-refractivity contribution in [1.82, 2.24) is 4.90 Å². The van der Waals surface area contributed by atoms with E-state index in [2.05, 4.69) is 0 Å². The summed E-state index contributed by atoms with van der Waals surface area (Å²) in [5.74, 6) is -0.778. The van der Waals surface area contributed by atoms with Crippen LogP contribution in [-0.4, -0.2) is 29.1 Å². The Hall–Kier alpha value is -1.35. The summed E-state index contributed by atoms with van der Waals surface area (Å²) in [6.07, 6.45) is 0. The zero-order valence-corrected chi connectivity index (χ0v) is 9.18. The first kappa shape index (κ1) is 11.7. The van der Waals surface area contributed by atoms with Crippen LogP contribution in [0.2, 0.25) is 0 Å². The zero-order valence-electron chi connectivity index (χ0n) is 9.18. The van der Waals surface area contributed by atoms with Gasteiger partial charge in [-0.25, -0.2) is 0 Å². The van der Waals surface area contributed by atoms with Gasteiger partial charge in [-0.1, -0.05) is 37.3 Å². The lowest BCUT2D eigenvalue weighted by Gasteiger charge is -2.26. The molecule has 0 heterocycles. The SMILES string of the molecule is CCN(CC(=O)O)C(C)c1ccccc1. The van der Waals surface area contributed by atoms with E-state index in [1.165, 1.54) is 0 Å². The molecule has 82 valence electrons.